The van der Waals surface area contributed by atoms with Crippen LogP contribution < -0.4 is 5.32 Å². The number of hydrogen-bond acceptors (Lipinski definition) is 6. The lowest BCUT2D eigenvalue weighted by Gasteiger charge is -2.02. The summed E-state index contributed by atoms with van der Waals surface area (Å²) < 4.78 is 9.74. The van der Waals surface area contributed by atoms with E-state index in [0.717, 1.165) is 0 Å². The number of rotatable bonds is 3. The van der Waals surface area contributed by atoms with Crippen LogP contribution in [0.1, 0.15) is 32.5 Å². The van der Waals surface area contributed by atoms with Gasteiger partial charge in [-0.15, -0.1) is 0 Å². The van der Waals surface area contributed by atoms with E-state index in [4.69, 9.17) is 4.42 Å². The molecule has 0 fully saturated rings. The zero-order valence-electron chi connectivity index (χ0n) is 10.6. The van der Waals surface area contributed by atoms with Crippen LogP contribution in [0.15, 0.2) is 10.6 Å². The number of carbonyl (C=O) groups is 2. The van der Waals surface area contributed by atoms with Crippen LogP contribution >= 0.6 is 0 Å². The third kappa shape index (κ3) is 2.46. The summed E-state index contributed by atoms with van der Waals surface area (Å²) in [5, 5.41) is 8.67. The van der Waals surface area contributed by atoms with Gasteiger partial charge in [0.2, 0.25) is 5.76 Å². The number of hydrogen-bond donors (Lipinski definition) is 2. The average Bonchev–Trinajstić information content (AvgIpc) is 2.95. The molecule has 0 radical (unpaired) electrons. The molecule has 19 heavy (non-hydrogen) atoms. The van der Waals surface area contributed by atoms with Gasteiger partial charge in [-0.25, -0.2) is 9.78 Å². The molecule has 0 aliphatic carbocycles. The maximum atomic E-state index is 12.0. The molecule has 0 atom stereocenters. The third-order valence-electron chi connectivity index (χ3n) is 2.39. The zero-order chi connectivity index (χ0) is 14.0. The highest BCUT2D eigenvalue weighted by Crippen LogP contribution is 2.15. The minimum Gasteiger partial charge on any atom is -0.465 e. The molecule has 0 aromatic carbocycles. The van der Waals surface area contributed by atoms with Crippen molar-refractivity contribution in [1.82, 2.24) is 15.2 Å². The summed E-state index contributed by atoms with van der Waals surface area (Å²) in [5.74, 6) is -0.504. The Balaban J connectivity index is 2.22. The Morgan fingerprint density at radius 1 is 1.42 bits per heavy atom. The van der Waals surface area contributed by atoms with E-state index >= 15 is 0 Å². The molecule has 100 valence electrons. The molecule has 2 N–H and O–H groups in total. The number of ether oxygens (including phenoxy) is 1. The monoisotopic (exact) mass is 264 g/mol. The number of methoxy groups -OCH3 is 1. The standard InChI is InChI=1S/C11H12N4O4/c1-5-8(19-6(2)13-5)10(16)14-9-7(4-12-15-9)11(17)18-3/h4H,1-3H3,(H2,12,14,15,16). The topological polar surface area (TPSA) is 110 Å². The number of nitrogens with zero attached hydrogens (tertiary/aromatic N) is 2. The predicted molar refractivity (Wildman–Crippen MR) is 63.9 cm³/mol. The van der Waals surface area contributed by atoms with Gasteiger partial charge in [-0.3, -0.25) is 9.89 Å². The van der Waals surface area contributed by atoms with Crippen LogP contribution in [0, 0.1) is 13.8 Å². The van der Waals surface area contributed by atoms with Gasteiger partial charge in [0.05, 0.1) is 19.0 Å². The third-order valence-corrected chi connectivity index (χ3v) is 2.39. The first-order valence-electron chi connectivity index (χ1n) is 5.40. The van der Waals surface area contributed by atoms with Gasteiger partial charge in [0.25, 0.3) is 5.91 Å². The van der Waals surface area contributed by atoms with Crippen molar-refractivity contribution in [2.75, 3.05) is 12.4 Å². The summed E-state index contributed by atoms with van der Waals surface area (Å²) in [6, 6.07) is 0. The molecule has 1 amide bonds. The van der Waals surface area contributed by atoms with E-state index in [1.54, 1.807) is 13.8 Å². The fourth-order valence-electron chi connectivity index (χ4n) is 1.56. The van der Waals surface area contributed by atoms with Crippen LogP contribution in [0.3, 0.4) is 0 Å². The van der Waals surface area contributed by atoms with E-state index in [1.165, 1.54) is 13.3 Å². The molecule has 0 saturated heterocycles. The van der Waals surface area contributed by atoms with Crippen molar-refractivity contribution in [3.8, 4) is 0 Å². The Hall–Kier alpha value is -2.64. The smallest absolute Gasteiger partial charge is 0.343 e. The van der Waals surface area contributed by atoms with Crippen molar-refractivity contribution in [2.24, 2.45) is 0 Å². The lowest BCUT2D eigenvalue weighted by Crippen LogP contribution is -2.15. The van der Waals surface area contributed by atoms with Gasteiger partial charge in [0, 0.05) is 6.92 Å². The Bertz CT molecular complexity index is 628. The number of H-pyrrole nitrogens is 1. The van der Waals surface area contributed by atoms with E-state index in [0.29, 0.717) is 11.6 Å². The Morgan fingerprint density at radius 3 is 2.74 bits per heavy atom. The Labute approximate surface area is 108 Å². The molecule has 0 aliphatic heterocycles. The fraction of sp³-hybridized carbons (Fsp3) is 0.273. The molecule has 8 heteroatoms. The van der Waals surface area contributed by atoms with Crippen molar-refractivity contribution < 1.29 is 18.7 Å². The van der Waals surface area contributed by atoms with Gasteiger partial charge in [-0.1, -0.05) is 0 Å². The molecule has 2 aromatic heterocycles. The average molecular weight is 264 g/mol. The zero-order valence-corrected chi connectivity index (χ0v) is 10.6. The molecule has 0 aliphatic rings. The van der Waals surface area contributed by atoms with E-state index in [9.17, 15) is 9.59 Å². The van der Waals surface area contributed by atoms with Crippen LogP contribution in [0.25, 0.3) is 0 Å². The Kier molecular flexibility index (Phi) is 3.32. The quantitative estimate of drug-likeness (QED) is 0.802. The van der Waals surface area contributed by atoms with Crippen LogP contribution in [0.5, 0.6) is 0 Å². The van der Waals surface area contributed by atoms with Crippen molar-refractivity contribution in [1.29, 1.82) is 0 Å². The van der Waals surface area contributed by atoms with Crippen LogP contribution in [0.4, 0.5) is 5.82 Å². The second-order valence-electron chi connectivity index (χ2n) is 3.75. The second-order valence-corrected chi connectivity index (χ2v) is 3.75. The van der Waals surface area contributed by atoms with E-state index < -0.39 is 11.9 Å². The molecular weight excluding hydrogens is 252 g/mol. The largest absolute Gasteiger partial charge is 0.465 e. The number of carbonyl (C=O) groups excluding carboxylic acids is 2. The lowest BCUT2D eigenvalue weighted by molar-refractivity contribution is 0.0602. The minimum absolute atomic E-state index is 0.0860. The maximum absolute atomic E-state index is 12.0. The molecule has 0 spiro atoms. The number of esters is 1. The van der Waals surface area contributed by atoms with Crippen LogP contribution in [-0.4, -0.2) is 34.2 Å². The molecule has 2 rings (SSSR count). The van der Waals surface area contributed by atoms with Crippen molar-refractivity contribution in [3.05, 3.63) is 29.1 Å². The highest BCUT2D eigenvalue weighted by molar-refractivity contribution is 6.06. The Morgan fingerprint density at radius 2 is 2.16 bits per heavy atom. The van der Waals surface area contributed by atoms with Crippen molar-refractivity contribution in [2.45, 2.75) is 13.8 Å². The summed E-state index contributed by atoms with van der Waals surface area (Å²) in [6.07, 6.45) is 1.26. The van der Waals surface area contributed by atoms with E-state index in [1.807, 2.05) is 0 Å². The SMILES string of the molecule is COC(=O)c1cn[nH]c1NC(=O)c1oc(C)nc1C. The van der Waals surface area contributed by atoms with Crippen molar-refractivity contribution >= 4 is 17.7 Å². The number of aryl methyl sites for hydroxylation is 2. The number of anilines is 1. The van der Waals surface area contributed by atoms with E-state index in [-0.39, 0.29) is 17.1 Å². The minimum atomic E-state index is -0.602. The number of aromatic nitrogens is 3. The summed E-state index contributed by atoms with van der Waals surface area (Å²) in [6.45, 7) is 3.29. The predicted octanol–water partition coefficient (Wildman–Crippen LogP) is 1.05. The normalized spacial score (nSPS) is 10.3. The lowest BCUT2D eigenvalue weighted by atomic mass is 10.3. The van der Waals surface area contributed by atoms with Crippen LogP contribution in [-0.2, 0) is 4.74 Å². The molecular formula is C11H12N4O4. The highest BCUT2D eigenvalue weighted by Gasteiger charge is 2.20. The molecule has 2 aromatic rings. The number of nitrogens with one attached hydrogen (secondary N) is 2. The van der Waals surface area contributed by atoms with Crippen molar-refractivity contribution in [3.63, 3.8) is 0 Å². The van der Waals surface area contributed by atoms with Gasteiger partial charge >= 0.3 is 5.97 Å². The summed E-state index contributed by atoms with van der Waals surface area (Å²) in [4.78, 5) is 27.4. The number of aromatic amines is 1. The van der Waals surface area contributed by atoms with Gasteiger partial charge in [-0.2, -0.15) is 5.10 Å². The second kappa shape index (κ2) is 4.92. The van der Waals surface area contributed by atoms with Gasteiger partial charge in [0.1, 0.15) is 11.4 Å². The van der Waals surface area contributed by atoms with Gasteiger partial charge < -0.3 is 14.5 Å². The van der Waals surface area contributed by atoms with Gasteiger partial charge in [0.15, 0.2) is 5.89 Å². The molecule has 0 bridgehead atoms. The van der Waals surface area contributed by atoms with E-state index in [2.05, 4.69) is 25.2 Å². The fourth-order valence-corrected chi connectivity index (χ4v) is 1.56. The first kappa shape index (κ1) is 12.8. The summed E-state index contributed by atoms with van der Waals surface area (Å²) in [5.41, 5.74) is 0.596. The maximum Gasteiger partial charge on any atom is 0.343 e. The number of oxazole rings is 1. The molecule has 2 heterocycles. The summed E-state index contributed by atoms with van der Waals surface area (Å²) in [7, 11) is 1.24. The first-order chi connectivity index (χ1) is 9.02. The highest BCUT2D eigenvalue weighted by atomic mass is 16.5. The van der Waals surface area contributed by atoms with Crippen LogP contribution in [0.2, 0.25) is 0 Å². The first-order valence-corrected chi connectivity index (χ1v) is 5.40. The number of amides is 1. The van der Waals surface area contributed by atoms with Gasteiger partial charge in [-0.05, 0) is 6.92 Å². The summed E-state index contributed by atoms with van der Waals surface area (Å²) >= 11 is 0. The molecule has 8 nitrogen and oxygen atoms in total. The molecule has 0 unspecified atom stereocenters. The molecule has 0 saturated carbocycles.